The van der Waals surface area contributed by atoms with Crippen LogP contribution in [0.1, 0.15) is 36.2 Å². The van der Waals surface area contributed by atoms with Crippen LogP contribution in [0.3, 0.4) is 0 Å². The number of hydrogen-bond acceptors (Lipinski definition) is 4. The van der Waals surface area contributed by atoms with Gasteiger partial charge < -0.3 is 14.2 Å². The fourth-order valence-electron chi connectivity index (χ4n) is 2.86. The number of rotatable bonds is 6. The number of aryl methyl sites for hydroxylation is 1. The summed E-state index contributed by atoms with van der Waals surface area (Å²) in [5, 5.41) is 3.48. The van der Waals surface area contributed by atoms with Gasteiger partial charge in [-0.3, -0.25) is 4.90 Å². The smallest absolute Gasteiger partial charge is 0.122 e. The van der Waals surface area contributed by atoms with Crippen LogP contribution in [0.5, 0.6) is 0 Å². The van der Waals surface area contributed by atoms with Crippen LogP contribution in [-0.2, 0) is 6.54 Å². The summed E-state index contributed by atoms with van der Waals surface area (Å²) in [6.45, 7) is 5.94. The van der Waals surface area contributed by atoms with Gasteiger partial charge in [0.25, 0.3) is 0 Å². The van der Waals surface area contributed by atoms with Gasteiger partial charge in [-0.1, -0.05) is 0 Å². The average molecular weight is 274 g/mol. The molecule has 0 spiro atoms. The van der Waals surface area contributed by atoms with Gasteiger partial charge in [0.15, 0.2) is 0 Å². The van der Waals surface area contributed by atoms with Gasteiger partial charge in [-0.25, -0.2) is 0 Å². The van der Waals surface area contributed by atoms with Gasteiger partial charge in [0.05, 0.1) is 18.8 Å². The third-order valence-corrected chi connectivity index (χ3v) is 3.89. The molecule has 0 unspecified atom stereocenters. The number of nitrogens with one attached hydrogen (secondary N) is 1. The van der Waals surface area contributed by atoms with E-state index in [-0.39, 0.29) is 0 Å². The van der Waals surface area contributed by atoms with E-state index in [0.29, 0.717) is 6.04 Å². The van der Waals surface area contributed by atoms with Crippen molar-refractivity contribution in [1.29, 1.82) is 0 Å². The fourth-order valence-corrected chi connectivity index (χ4v) is 2.86. The largest absolute Gasteiger partial charge is 0.468 e. The number of hydrogen-bond donors (Lipinski definition) is 1. The summed E-state index contributed by atoms with van der Waals surface area (Å²) < 4.78 is 11.2. The quantitative estimate of drug-likeness (QED) is 0.879. The van der Waals surface area contributed by atoms with Crippen molar-refractivity contribution in [3.63, 3.8) is 0 Å². The second kappa shape index (κ2) is 6.29. The lowest BCUT2D eigenvalue weighted by molar-refractivity contribution is 0.208. The van der Waals surface area contributed by atoms with Crippen molar-refractivity contribution in [2.45, 2.75) is 32.4 Å². The third kappa shape index (κ3) is 3.14. The van der Waals surface area contributed by atoms with Crippen LogP contribution >= 0.6 is 0 Å². The minimum absolute atomic E-state index is 0.323. The minimum atomic E-state index is 0.323. The molecule has 0 saturated carbocycles. The SMILES string of the molecule is Cc1ccc(CNC[C@@H](c2ccco2)N2CCCC2)o1. The summed E-state index contributed by atoms with van der Waals surface area (Å²) in [6.07, 6.45) is 4.33. The summed E-state index contributed by atoms with van der Waals surface area (Å²) in [6, 6.07) is 8.39. The van der Waals surface area contributed by atoms with E-state index in [1.165, 1.54) is 12.8 Å². The standard InChI is InChI=1S/C16H22N2O2/c1-13-6-7-14(20-13)11-17-12-15(16-5-4-10-19-16)18-8-2-3-9-18/h4-7,10,15,17H,2-3,8-9,11-12H2,1H3/t15-/m0/s1. The summed E-state index contributed by atoms with van der Waals surface area (Å²) in [5.74, 6) is 3.00. The Morgan fingerprint density at radius 1 is 1.25 bits per heavy atom. The topological polar surface area (TPSA) is 41.6 Å². The zero-order valence-electron chi connectivity index (χ0n) is 12.0. The van der Waals surface area contributed by atoms with Crippen LogP contribution in [0.15, 0.2) is 39.4 Å². The Balaban J connectivity index is 1.58. The molecule has 1 saturated heterocycles. The molecule has 3 rings (SSSR count). The van der Waals surface area contributed by atoms with Crippen LogP contribution in [0, 0.1) is 6.92 Å². The molecule has 0 aliphatic carbocycles. The van der Waals surface area contributed by atoms with E-state index in [1.807, 2.05) is 25.1 Å². The zero-order chi connectivity index (χ0) is 13.8. The van der Waals surface area contributed by atoms with E-state index in [2.05, 4.69) is 16.3 Å². The van der Waals surface area contributed by atoms with Crippen molar-refractivity contribution in [1.82, 2.24) is 10.2 Å². The Morgan fingerprint density at radius 2 is 2.10 bits per heavy atom. The van der Waals surface area contributed by atoms with Gasteiger partial charge >= 0.3 is 0 Å². The lowest BCUT2D eigenvalue weighted by Gasteiger charge is -2.25. The molecule has 0 bridgehead atoms. The highest BCUT2D eigenvalue weighted by Gasteiger charge is 2.25. The molecule has 1 fully saturated rings. The van der Waals surface area contributed by atoms with Crippen molar-refractivity contribution in [3.05, 3.63) is 47.8 Å². The first kappa shape index (κ1) is 13.5. The van der Waals surface area contributed by atoms with Crippen molar-refractivity contribution in [2.24, 2.45) is 0 Å². The number of furan rings is 2. The van der Waals surface area contributed by atoms with E-state index >= 15 is 0 Å². The first-order chi connectivity index (χ1) is 9.83. The second-order valence-corrected chi connectivity index (χ2v) is 5.42. The normalized spacial score (nSPS) is 17.6. The van der Waals surface area contributed by atoms with E-state index in [9.17, 15) is 0 Å². The highest BCUT2D eigenvalue weighted by molar-refractivity contribution is 5.07. The Labute approximate surface area is 119 Å². The lowest BCUT2D eigenvalue weighted by Crippen LogP contribution is -2.33. The molecule has 0 aromatic carbocycles. The summed E-state index contributed by atoms with van der Waals surface area (Å²) >= 11 is 0. The maximum atomic E-state index is 5.61. The van der Waals surface area contributed by atoms with Gasteiger partial charge in [0.1, 0.15) is 17.3 Å². The maximum Gasteiger partial charge on any atom is 0.122 e. The molecule has 20 heavy (non-hydrogen) atoms. The molecule has 0 radical (unpaired) electrons. The first-order valence-electron chi connectivity index (χ1n) is 7.36. The molecular formula is C16H22N2O2. The molecule has 0 amide bonds. The Bertz CT molecular complexity index is 512. The van der Waals surface area contributed by atoms with Crippen LogP contribution < -0.4 is 5.32 Å². The molecule has 108 valence electrons. The summed E-state index contributed by atoms with van der Waals surface area (Å²) in [7, 11) is 0. The van der Waals surface area contributed by atoms with Crippen LogP contribution in [-0.4, -0.2) is 24.5 Å². The molecule has 3 heterocycles. The highest BCUT2D eigenvalue weighted by Crippen LogP contribution is 2.24. The predicted molar refractivity (Wildman–Crippen MR) is 77.4 cm³/mol. The zero-order valence-corrected chi connectivity index (χ0v) is 12.0. The number of nitrogens with zero attached hydrogens (tertiary/aromatic N) is 1. The Kier molecular flexibility index (Phi) is 4.23. The minimum Gasteiger partial charge on any atom is -0.468 e. The Hall–Kier alpha value is -1.52. The molecule has 4 nitrogen and oxygen atoms in total. The molecule has 2 aromatic rings. The summed E-state index contributed by atoms with van der Waals surface area (Å²) in [4.78, 5) is 2.50. The van der Waals surface area contributed by atoms with Gasteiger partial charge in [-0.05, 0) is 57.1 Å². The lowest BCUT2D eigenvalue weighted by atomic mass is 10.2. The van der Waals surface area contributed by atoms with Gasteiger partial charge in [0.2, 0.25) is 0 Å². The van der Waals surface area contributed by atoms with Crippen molar-refractivity contribution in [3.8, 4) is 0 Å². The van der Waals surface area contributed by atoms with Crippen molar-refractivity contribution in [2.75, 3.05) is 19.6 Å². The number of likely N-dealkylation sites (tertiary alicyclic amines) is 1. The average Bonchev–Trinajstić information content (AvgIpc) is 3.18. The Morgan fingerprint density at radius 3 is 2.75 bits per heavy atom. The van der Waals surface area contributed by atoms with Crippen LogP contribution in [0.4, 0.5) is 0 Å². The van der Waals surface area contributed by atoms with E-state index < -0.39 is 0 Å². The third-order valence-electron chi connectivity index (χ3n) is 3.89. The van der Waals surface area contributed by atoms with Crippen molar-refractivity contribution >= 4 is 0 Å². The molecule has 1 N–H and O–H groups in total. The predicted octanol–water partition coefficient (Wildman–Crippen LogP) is 3.11. The summed E-state index contributed by atoms with van der Waals surface area (Å²) in [5.41, 5.74) is 0. The maximum absolute atomic E-state index is 5.61. The van der Waals surface area contributed by atoms with Gasteiger partial charge in [-0.2, -0.15) is 0 Å². The first-order valence-corrected chi connectivity index (χ1v) is 7.36. The van der Waals surface area contributed by atoms with Gasteiger partial charge in [-0.15, -0.1) is 0 Å². The fraction of sp³-hybridized carbons (Fsp3) is 0.500. The van der Waals surface area contributed by atoms with E-state index in [1.54, 1.807) is 6.26 Å². The molecule has 1 atom stereocenters. The van der Waals surface area contributed by atoms with Gasteiger partial charge in [0, 0.05) is 6.54 Å². The molecule has 1 aliphatic heterocycles. The second-order valence-electron chi connectivity index (χ2n) is 5.42. The molecule has 4 heteroatoms. The monoisotopic (exact) mass is 274 g/mol. The highest BCUT2D eigenvalue weighted by atomic mass is 16.3. The van der Waals surface area contributed by atoms with E-state index in [4.69, 9.17) is 8.83 Å². The van der Waals surface area contributed by atoms with Crippen LogP contribution in [0.25, 0.3) is 0 Å². The van der Waals surface area contributed by atoms with Crippen molar-refractivity contribution < 1.29 is 8.83 Å². The molecule has 1 aliphatic rings. The molecule has 2 aromatic heterocycles. The van der Waals surface area contributed by atoms with Crippen LogP contribution in [0.2, 0.25) is 0 Å². The van der Waals surface area contributed by atoms with E-state index in [0.717, 1.165) is 43.5 Å². The molecular weight excluding hydrogens is 252 g/mol.